The predicted octanol–water partition coefficient (Wildman–Crippen LogP) is 4.39. The summed E-state index contributed by atoms with van der Waals surface area (Å²) < 4.78 is 5.24. The van der Waals surface area contributed by atoms with Gasteiger partial charge in [-0.3, -0.25) is 5.32 Å². The van der Waals surface area contributed by atoms with Crippen LogP contribution in [-0.4, -0.2) is 19.7 Å². The highest BCUT2D eigenvalue weighted by molar-refractivity contribution is 7.14. The molecule has 1 aliphatic carbocycles. The van der Waals surface area contributed by atoms with Crippen molar-refractivity contribution in [3.63, 3.8) is 0 Å². The number of urea groups is 1. The molecular formula is C18H22N2O2S. The summed E-state index contributed by atoms with van der Waals surface area (Å²) in [5.74, 6) is 0.866. The molecule has 1 saturated carbocycles. The van der Waals surface area contributed by atoms with Gasteiger partial charge in [0.1, 0.15) is 5.75 Å². The maximum Gasteiger partial charge on any atom is 0.319 e. The van der Waals surface area contributed by atoms with Gasteiger partial charge >= 0.3 is 6.03 Å². The van der Waals surface area contributed by atoms with Crippen LogP contribution in [0.1, 0.15) is 31.2 Å². The predicted molar refractivity (Wildman–Crippen MR) is 94.5 cm³/mol. The molecule has 3 rings (SSSR count). The molecule has 0 spiro atoms. The number of thiophene rings is 1. The van der Waals surface area contributed by atoms with Crippen LogP contribution in [0.15, 0.2) is 41.8 Å². The Bertz CT molecular complexity index is 632. The molecule has 0 radical (unpaired) electrons. The fourth-order valence-electron chi connectivity index (χ4n) is 3.32. The zero-order valence-corrected chi connectivity index (χ0v) is 14.1. The van der Waals surface area contributed by atoms with Crippen molar-refractivity contribution in [2.75, 3.05) is 19.0 Å². The molecule has 2 N–H and O–H groups in total. The Kier molecular flexibility index (Phi) is 4.86. The lowest BCUT2D eigenvalue weighted by atomic mass is 9.79. The van der Waals surface area contributed by atoms with E-state index < -0.39 is 0 Å². The van der Waals surface area contributed by atoms with Crippen LogP contribution >= 0.6 is 11.3 Å². The Labute approximate surface area is 140 Å². The Balaban J connectivity index is 1.67. The van der Waals surface area contributed by atoms with Gasteiger partial charge in [0.2, 0.25) is 0 Å². The molecule has 1 aromatic carbocycles. The van der Waals surface area contributed by atoms with Crippen LogP contribution in [0.3, 0.4) is 0 Å². The molecule has 1 heterocycles. The van der Waals surface area contributed by atoms with E-state index in [4.69, 9.17) is 4.74 Å². The highest BCUT2D eigenvalue weighted by Gasteiger charge is 2.35. The highest BCUT2D eigenvalue weighted by atomic mass is 32.1. The van der Waals surface area contributed by atoms with E-state index in [1.807, 2.05) is 29.6 Å². The van der Waals surface area contributed by atoms with Crippen molar-refractivity contribution in [1.82, 2.24) is 5.32 Å². The number of methoxy groups -OCH3 is 1. The molecule has 1 fully saturated rings. The molecule has 0 atom stereocenters. The second-order valence-electron chi connectivity index (χ2n) is 6.00. The van der Waals surface area contributed by atoms with Crippen LogP contribution in [0.5, 0.6) is 5.75 Å². The third-order valence-electron chi connectivity index (χ3n) is 4.61. The first kappa shape index (κ1) is 15.9. The summed E-state index contributed by atoms with van der Waals surface area (Å²) in [6, 6.07) is 12.0. The maximum absolute atomic E-state index is 12.1. The van der Waals surface area contributed by atoms with Gasteiger partial charge in [-0.25, -0.2) is 4.79 Å². The molecule has 1 aliphatic rings. The van der Waals surface area contributed by atoms with Gasteiger partial charge in [-0.2, -0.15) is 0 Å². The van der Waals surface area contributed by atoms with Crippen molar-refractivity contribution in [3.8, 4) is 5.75 Å². The van der Waals surface area contributed by atoms with Crippen molar-refractivity contribution < 1.29 is 9.53 Å². The van der Waals surface area contributed by atoms with E-state index in [0.29, 0.717) is 6.54 Å². The fourth-order valence-corrected chi connectivity index (χ4v) is 3.93. The lowest BCUT2D eigenvalue weighted by Gasteiger charge is -2.30. The molecule has 4 nitrogen and oxygen atoms in total. The number of rotatable bonds is 5. The average Bonchev–Trinajstić information content (AvgIpc) is 3.25. The molecular weight excluding hydrogens is 308 g/mol. The molecule has 2 amide bonds. The number of carbonyl (C=O) groups is 1. The normalized spacial score (nSPS) is 16.0. The molecule has 1 aromatic heterocycles. The molecule has 23 heavy (non-hydrogen) atoms. The Morgan fingerprint density at radius 1 is 1.22 bits per heavy atom. The monoisotopic (exact) mass is 330 g/mol. The third-order valence-corrected chi connectivity index (χ3v) is 5.39. The van der Waals surface area contributed by atoms with Crippen LogP contribution in [0.2, 0.25) is 0 Å². The standard InChI is InChI=1S/C18H22N2O2S/c1-22-15-8-6-14(7-9-15)18(10-2-3-11-18)13-19-17(21)20-16-5-4-12-23-16/h4-9,12H,2-3,10-11,13H2,1H3,(H2,19,20,21). The summed E-state index contributed by atoms with van der Waals surface area (Å²) in [5.41, 5.74) is 1.33. The first-order chi connectivity index (χ1) is 11.2. The zero-order chi connectivity index (χ0) is 16.1. The first-order valence-corrected chi connectivity index (χ1v) is 8.83. The number of hydrogen-bond acceptors (Lipinski definition) is 3. The van der Waals surface area contributed by atoms with Gasteiger partial charge in [0, 0.05) is 12.0 Å². The summed E-state index contributed by atoms with van der Waals surface area (Å²) in [7, 11) is 1.68. The minimum Gasteiger partial charge on any atom is -0.497 e. The fraction of sp³-hybridized carbons (Fsp3) is 0.389. The Hall–Kier alpha value is -2.01. The van der Waals surface area contributed by atoms with Crippen molar-refractivity contribution in [2.24, 2.45) is 0 Å². The number of nitrogens with one attached hydrogen (secondary N) is 2. The quantitative estimate of drug-likeness (QED) is 0.854. The van der Waals surface area contributed by atoms with Crippen LogP contribution in [0, 0.1) is 0 Å². The summed E-state index contributed by atoms with van der Waals surface area (Å²) >= 11 is 1.52. The van der Waals surface area contributed by atoms with Crippen LogP contribution in [-0.2, 0) is 5.41 Å². The van der Waals surface area contributed by atoms with E-state index in [2.05, 4.69) is 22.8 Å². The maximum atomic E-state index is 12.1. The topological polar surface area (TPSA) is 50.4 Å². The minimum atomic E-state index is -0.132. The van der Waals surface area contributed by atoms with E-state index in [1.165, 1.54) is 29.7 Å². The van der Waals surface area contributed by atoms with Gasteiger partial charge in [0.05, 0.1) is 12.1 Å². The Morgan fingerprint density at radius 3 is 2.57 bits per heavy atom. The molecule has 0 bridgehead atoms. The lowest BCUT2D eigenvalue weighted by Crippen LogP contribution is -2.40. The number of ether oxygens (including phenoxy) is 1. The second-order valence-corrected chi connectivity index (χ2v) is 6.95. The van der Waals surface area contributed by atoms with Crippen LogP contribution in [0.4, 0.5) is 9.80 Å². The summed E-state index contributed by atoms with van der Waals surface area (Å²) in [4.78, 5) is 12.1. The number of anilines is 1. The van der Waals surface area contributed by atoms with Crippen LogP contribution < -0.4 is 15.4 Å². The Morgan fingerprint density at radius 2 is 1.96 bits per heavy atom. The van der Waals surface area contributed by atoms with Gasteiger partial charge in [-0.1, -0.05) is 25.0 Å². The van der Waals surface area contributed by atoms with Gasteiger partial charge in [0.15, 0.2) is 0 Å². The van der Waals surface area contributed by atoms with E-state index in [9.17, 15) is 4.79 Å². The zero-order valence-electron chi connectivity index (χ0n) is 13.3. The molecule has 5 heteroatoms. The lowest BCUT2D eigenvalue weighted by molar-refractivity contribution is 0.248. The van der Waals surface area contributed by atoms with Gasteiger partial charge in [-0.15, -0.1) is 11.3 Å². The summed E-state index contributed by atoms with van der Waals surface area (Å²) in [5, 5.41) is 8.76. The van der Waals surface area contributed by atoms with Gasteiger partial charge < -0.3 is 10.1 Å². The van der Waals surface area contributed by atoms with Crippen molar-refractivity contribution in [3.05, 3.63) is 47.3 Å². The van der Waals surface area contributed by atoms with Crippen molar-refractivity contribution >= 4 is 22.4 Å². The summed E-state index contributed by atoms with van der Waals surface area (Å²) in [6.45, 7) is 0.663. The van der Waals surface area contributed by atoms with E-state index >= 15 is 0 Å². The average molecular weight is 330 g/mol. The molecule has 0 unspecified atom stereocenters. The largest absolute Gasteiger partial charge is 0.497 e. The van der Waals surface area contributed by atoms with Gasteiger partial charge in [0.25, 0.3) is 0 Å². The number of carbonyl (C=O) groups excluding carboxylic acids is 1. The third kappa shape index (κ3) is 3.67. The number of hydrogen-bond donors (Lipinski definition) is 2. The van der Waals surface area contributed by atoms with Crippen LogP contribution in [0.25, 0.3) is 0 Å². The van der Waals surface area contributed by atoms with E-state index in [-0.39, 0.29) is 11.4 Å². The molecule has 0 aliphatic heterocycles. The highest BCUT2D eigenvalue weighted by Crippen LogP contribution is 2.41. The first-order valence-electron chi connectivity index (χ1n) is 7.95. The molecule has 2 aromatic rings. The van der Waals surface area contributed by atoms with Crippen molar-refractivity contribution in [2.45, 2.75) is 31.1 Å². The second kappa shape index (κ2) is 7.04. The minimum absolute atomic E-state index is 0.0407. The van der Waals surface area contributed by atoms with E-state index in [0.717, 1.165) is 23.6 Å². The SMILES string of the molecule is COc1ccc(C2(CNC(=O)Nc3cccs3)CCCC2)cc1. The van der Waals surface area contributed by atoms with E-state index in [1.54, 1.807) is 7.11 Å². The number of amides is 2. The van der Waals surface area contributed by atoms with Gasteiger partial charge in [-0.05, 0) is 48.1 Å². The summed E-state index contributed by atoms with van der Waals surface area (Å²) in [6.07, 6.45) is 4.64. The molecule has 0 saturated heterocycles. The smallest absolute Gasteiger partial charge is 0.319 e. The molecule has 122 valence electrons. The van der Waals surface area contributed by atoms with Crippen molar-refractivity contribution in [1.29, 1.82) is 0 Å². The number of benzene rings is 1.